The molecule has 5 N–H and O–H groups in total. The molecule has 0 radical (unpaired) electrons. The summed E-state index contributed by atoms with van der Waals surface area (Å²) in [6.45, 7) is 9.44. The van der Waals surface area contributed by atoms with Gasteiger partial charge in [-0.2, -0.15) is 0 Å². The number of aromatic nitrogens is 1. The first-order valence-corrected chi connectivity index (χ1v) is 13.7. The lowest BCUT2D eigenvalue weighted by molar-refractivity contribution is -0.157. The van der Waals surface area contributed by atoms with Gasteiger partial charge in [-0.25, -0.2) is 27.3 Å². The maximum absolute atomic E-state index is 14.7. The third-order valence-corrected chi connectivity index (χ3v) is 7.30. The van der Waals surface area contributed by atoms with E-state index in [1.54, 1.807) is 13.8 Å². The molecule has 3 amide bonds. The van der Waals surface area contributed by atoms with Gasteiger partial charge in [-0.05, 0) is 43.9 Å². The summed E-state index contributed by atoms with van der Waals surface area (Å²) >= 11 is 0. The zero-order valence-electron chi connectivity index (χ0n) is 24.8. The Labute approximate surface area is 251 Å². The molecule has 7 atom stereocenters. The molecule has 1 aromatic heterocycles. The maximum Gasteiger partial charge on any atom is 0.329 e. The summed E-state index contributed by atoms with van der Waals surface area (Å²) in [6.07, 6.45) is -2.36. The van der Waals surface area contributed by atoms with Crippen molar-refractivity contribution in [2.24, 2.45) is 11.8 Å². The van der Waals surface area contributed by atoms with Crippen molar-refractivity contribution in [2.75, 3.05) is 0 Å². The van der Waals surface area contributed by atoms with E-state index in [1.807, 2.05) is 0 Å². The molecule has 1 aromatic rings. The number of ether oxygens (including phenoxy) is 1. The maximum atomic E-state index is 14.7. The number of rotatable bonds is 8. The zero-order valence-corrected chi connectivity index (χ0v) is 24.8. The van der Waals surface area contributed by atoms with E-state index in [9.17, 15) is 47.0 Å². The van der Waals surface area contributed by atoms with Gasteiger partial charge in [0.15, 0.2) is 29.0 Å². The third kappa shape index (κ3) is 8.65. The summed E-state index contributed by atoms with van der Waals surface area (Å²) in [5.41, 5.74) is -1.06. The van der Waals surface area contributed by atoms with Crippen LogP contribution >= 0.6 is 0 Å². The van der Waals surface area contributed by atoms with E-state index in [1.165, 1.54) is 26.1 Å². The van der Waals surface area contributed by atoms with Crippen LogP contribution in [0.5, 0.6) is 5.75 Å². The molecular weight excluding hydrogens is 592 g/mol. The molecule has 0 spiro atoms. The fourth-order valence-electron chi connectivity index (χ4n) is 4.31. The lowest BCUT2D eigenvalue weighted by Gasteiger charge is -2.34. The Bertz CT molecular complexity index is 1350. The molecular formula is C29H36F4N4O7. The highest BCUT2D eigenvalue weighted by Crippen LogP contribution is 2.29. The number of hydrogen-bond donors (Lipinski definition) is 5. The molecule has 2 rings (SSSR count). The molecule has 0 aromatic carbocycles. The number of esters is 1. The number of nitrogens with one attached hydrogen (secondary N) is 3. The van der Waals surface area contributed by atoms with E-state index in [0.29, 0.717) is 6.42 Å². The van der Waals surface area contributed by atoms with Gasteiger partial charge in [-0.1, -0.05) is 33.8 Å². The number of amides is 3. The number of hydrogen-bond acceptors (Lipinski definition) is 8. The highest BCUT2D eigenvalue weighted by molar-refractivity contribution is 5.98. The summed E-state index contributed by atoms with van der Waals surface area (Å²) in [6, 6.07) is -2.01. The number of aliphatic hydroxyl groups is 1. The average molecular weight is 629 g/mol. The normalized spacial score (nSPS) is 26.8. The van der Waals surface area contributed by atoms with Crippen molar-refractivity contribution in [1.82, 2.24) is 20.9 Å². The van der Waals surface area contributed by atoms with Crippen molar-refractivity contribution in [3.05, 3.63) is 59.5 Å². The summed E-state index contributed by atoms with van der Waals surface area (Å²) in [5, 5.41) is 28.4. The molecule has 2 heterocycles. The number of nitrogens with zero attached hydrogens (tertiary/aromatic N) is 1. The number of aliphatic hydroxyl groups excluding tert-OH is 1. The van der Waals surface area contributed by atoms with Crippen LogP contribution in [0.1, 0.15) is 57.9 Å². The molecule has 1 aliphatic heterocycles. The summed E-state index contributed by atoms with van der Waals surface area (Å²) in [5.74, 6) is -14.4. The van der Waals surface area contributed by atoms with Gasteiger partial charge in [0.2, 0.25) is 11.8 Å². The molecule has 1 aliphatic rings. The van der Waals surface area contributed by atoms with Crippen LogP contribution in [-0.4, -0.2) is 69.2 Å². The van der Waals surface area contributed by atoms with Crippen LogP contribution in [0, 0.1) is 11.8 Å². The lowest BCUT2D eigenvalue weighted by atomic mass is 9.90. The molecule has 15 heteroatoms. The number of allylic oxidation sites excluding steroid dienone is 4. The minimum atomic E-state index is -2.20. The van der Waals surface area contributed by atoms with E-state index in [0.717, 1.165) is 13.0 Å². The Balaban J connectivity index is 2.61. The van der Waals surface area contributed by atoms with Gasteiger partial charge in [-0.15, -0.1) is 0 Å². The predicted octanol–water partition coefficient (Wildman–Crippen LogP) is 3.11. The van der Waals surface area contributed by atoms with Crippen molar-refractivity contribution in [3.8, 4) is 5.75 Å². The van der Waals surface area contributed by atoms with E-state index in [2.05, 4.69) is 27.5 Å². The van der Waals surface area contributed by atoms with Crippen LogP contribution in [0.25, 0.3) is 0 Å². The molecule has 242 valence electrons. The molecule has 0 bridgehead atoms. The number of carbonyl (C=O) groups excluding carboxylic acids is 4. The van der Waals surface area contributed by atoms with Crippen LogP contribution in [-0.2, 0) is 19.1 Å². The van der Waals surface area contributed by atoms with Gasteiger partial charge >= 0.3 is 5.97 Å². The standard InChI is InChI=1S/C29H36F4N4O7/c1-7-12(2)22-29(43)44-16(6)23(37-28(42)24-18(38)9-8-10-34-24)27(41)35-17(25(39)14(4)26(40)36-22)11-13(3)19(31)21(33)20(32)15(5)30/h8-10,12,14,16-17,22-23,25,38-39H,5,7,11H2,1-4,6H3,(H,35,41)(H,36,40)(H,37,42)/b19-13-,21-20-/t12?,14-,16-,17+,22?,23+,25+/m1/s1. The molecule has 11 nitrogen and oxygen atoms in total. The largest absolute Gasteiger partial charge is 0.505 e. The van der Waals surface area contributed by atoms with Gasteiger partial charge < -0.3 is 30.9 Å². The van der Waals surface area contributed by atoms with Crippen LogP contribution in [0.3, 0.4) is 0 Å². The van der Waals surface area contributed by atoms with E-state index >= 15 is 0 Å². The lowest BCUT2D eigenvalue weighted by Crippen LogP contribution is -2.60. The molecule has 0 saturated carbocycles. The number of aromatic hydroxyl groups is 1. The van der Waals surface area contributed by atoms with Crippen molar-refractivity contribution in [3.63, 3.8) is 0 Å². The smallest absolute Gasteiger partial charge is 0.329 e. The highest BCUT2D eigenvalue weighted by atomic mass is 19.2. The minimum absolute atomic E-state index is 0.401. The quantitative estimate of drug-likeness (QED) is 0.166. The second kappa shape index (κ2) is 15.5. The van der Waals surface area contributed by atoms with Gasteiger partial charge in [0, 0.05) is 6.20 Å². The van der Waals surface area contributed by atoms with Crippen molar-refractivity contribution < 1.29 is 51.7 Å². The minimum Gasteiger partial charge on any atom is -0.505 e. The highest BCUT2D eigenvalue weighted by Gasteiger charge is 2.40. The summed E-state index contributed by atoms with van der Waals surface area (Å²) in [7, 11) is 0. The predicted molar refractivity (Wildman–Crippen MR) is 149 cm³/mol. The fourth-order valence-corrected chi connectivity index (χ4v) is 4.31. The Morgan fingerprint density at radius 2 is 1.75 bits per heavy atom. The van der Waals surface area contributed by atoms with Gasteiger partial charge in [-0.3, -0.25) is 14.4 Å². The molecule has 0 aliphatic carbocycles. The van der Waals surface area contributed by atoms with Gasteiger partial charge in [0.25, 0.3) is 5.91 Å². The van der Waals surface area contributed by atoms with Gasteiger partial charge in [0.05, 0.1) is 18.1 Å². The Kier molecular flexibility index (Phi) is 12.6. The molecule has 44 heavy (non-hydrogen) atoms. The molecule has 2 unspecified atom stereocenters. The zero-order chi connectivity index (χ0) is 33.5. The SMILES string of the molecule is C=C(F)/C(F)=C(F)\C(F)=C(/C)C[C@@H]1NC(=O)[C@@H](NC(=O)c2ncccc2O)[C@@H](C)OC(=O)C(C(C)CC)NC(=O)[C@H](C)[C@@H]1O. The number of pyridine rings is 1. The topological polar surface area (TPSA) is 167 Å². The Hall–Kier alpha value is -4.27. The van der Waals surface area contributed by atoms with Crippen LogP contribution in [0.2, 0.25) is 0 Å². The summed E-state index contributed by atoms with van der Waals surface area (Å²) < 4.78 is 61.2. The number of halogens is 4. The average Bonchev–Trinajstić information content (AvgIpc) is 2.98. The molecule has 1 saturated heterocycles. The van der Waals surface area contributed by atoms with Gasteiger partial charge in [0.1, 0.15) is 23.9 Å². The first-order valence-electron chi connectivity index (χ1n) is 13.7. The molecule has 1 fully saturated rings. The van der Waals surface area contributed by atoms with E-state index in [4.69, 9.17) is 4.74 Å². The van der Waals surface area contributed by atoms with E-state index < -0.39 is 113 Å². The Morgan fingerprint density at radius 3 is 2.32 bits per heavy atom. The first kappa shape index (κ1) is 35.9. The fraction of sp³-hybridized carbons (Fsp3) is 0.483. The monoisotopic (exact) mass is 628 g/mol. The number of cyclic esters (lactones) is 1. The second-order valence-electron chi connectivity index (χ2n) is 10.6. The van der Waals surface area contributed by atoms with Crippen molar-refractivity contribution >= 4 is 23.7 Å². The van der Waals surface area contributed by atoms with Crippen LogP contribution < -0.4 is 16.0 Å². The van der Waals surface area contributed by atoms with Crippen LogP contribution in [0.15, 0.2) is 53.8 Å². The third-order valence-electron chi connectivity index (χ3n) is 7.30. The van der Waals surface area contributed by atoms with Crippen molar-refractivity contribution in [1.29, 1.82) is 0 Å². The summed E-state index contributed by atoms with van der Waals surface area (Å²) in [4.78, 5) is 56.5. The van der Waals surface area contributed by atoms with Crippen molar-refractivity contribution in [2.45, 2.75) is 77.8 Å². The Morgan fingerprint density at radius 1 is 1.11 bits per heavy atom. The van der Waals surface area contributed by atoms with E-state index in [-0.39, 0.29) is 0 Å². The second-order valence-corrected chi connectivity index (χ2v) is 10.6. The number of carbonyl (C=O) groups is 4. The van der Waals surface area contributed by atoms with Crippen LogP contribution in [0.4, 0.5) is 17.6 Å². The first-order chi connectivity index (χ1) is 20.5.